The number of aromatic carboxylic acids is 1. The van der Waals surface area contributed by atoms with Crippen LogP contribution in [0.1, 0.15) is 15.9 Å². The Kier molecular flexibility index (Phi) is 4.19. The van der Waals surface area contributed by atoms with Gasteiger partial charge in [-0.2, -0.15) is 0 Å². The smallest absolute Gasteiger partial charge is 0.336 e. The van der Waals surface area contributed by atoms with Crippen molar-refractivity contribution in [3.63, 3.8) is 0 Å². The zero-order valence-electron chi connectivity index (χ0n) is 11.5. The first-order chi connectivity index (χ1) is 10.7. The molecule has 0 spiro atoms. The van der Waals surface area contributed by atoms with Crippen LogP contribution in [-0.2, 0) is 6.54 Å². The molecular weight excluding hydrogens is 393 g/mol. The Morgan fingerprint density at radius 3 is 2.50 bits per heavy atom. The van der Waals surface area contributed by atoms with Crippen LogP contribution in [0, 0.1) is 3.70 Å². The van der Waals surface area contributed by atoms with Crippen molar-refractivity contribution in [2.75, 3.05) is 5.32 Å². The zero-order valence-corrected chi connectivity index (χ0v) is 13.6. The molecule has 2 aromatic carbocycles. The summed E-state index contributed by atoms with van der Waals surface area (Å²) < 4.78 is 0.838. The molecule has 0 amide bonds. The van der Waals surface area contributed by atoms with Crippen LogP contribution in [0.15, 0.2) is 48.5 Å². The highest BCUT2D eigenvalue weighted by Crippen LogP contribution is 2.24. The van der Waals surface area contributed by atoms with Gasteiger partial charge in [0.1, 0.15) is 3.70 Å². The van der Waals surface area contributed by atoms with E-state index in [4.69, 9.17) is 0 Å². The van der Waals surface area contributed by atoms with E-state index in [1.165, 1.54) is 0 Å². The quantitative estimate of drug-likeness (QED) is 0.650. The number of rotatable bonds is 4. The summed E-state index contributed by atoms with van der Waals surface area (Å²) in [5.41, 5.74) is 0.997. The standard InChI is InChI=1S/C16H12IN3O2/c17-14-12-7-3-4-8-13(12)15(20-19-14)18-9-10-5-1-2-6-11(10)16(21)22/h1-8H,9H2,(H,18,20)(H,21,22). The van der Waals surface area contributed by atoms with Gasteiger partial charge in [0.15, 0.2) is 5.82 Å². The number of aromatic nitrogens is 2. The number of fused-ring (bicyclic) bond motifs is 1. The summed E-state index contributed by atoms with van der Waals surface area (Å²) in [7, 11) is 0. The van der Waals surface area contributed by atoms with Gasteiger partial charge in [-0.1, -0.05) is 42.5 Å². The van der Waals surface area contributed by atoms with Gasteiger partial charge in [0.25, 0.3) is 0 Å². The summed E-state index contributed by atoms with van der Waals surface area (Å²) in [6.07, 6.45) is 0. The summed E-state index contributed by atoms with van der Waals surface area (Å²) in [6, 6.07) is 14.8. The van der Waals surface area contributed by atoms with E-state index in [9.17, 15) is 9.90 Å². The number of carbonyl (C=O) groups is 1. The molecule has 0 aliphatic carbocycles. The van der Waals surface area contributed by atoms with Crippen LogP contribution in [0.25, 0.3) is 10.8 Å². The Hall–Kier alpha value is -2.22. The minimum absolute atomic E-state index is 0.290. The van der Waals surface area contributed by atoms with Crippen LogP contribution < -0.4 is 5.32 Å². The number of carboxylic acids is 1. The average molecular weight is 405 g/mol. The van der Waals surface area contributed by atoms with Crippen molar-refractivity contribution >= 4 is 45.2 Å². The molecule has 0 unspecified atom stereocenters. The first-order valence-corrected chi connectivity index (χ1v) is 7.70. The van der Waals surface area contributed by atoms with Crippen molar-refractivity contribution in [2.24, 2.45) is 0 Å². The van der Waals surface area contributed by atoms with E-state index < -0.39 is 5.97 Å². The van der Waals surface area contributed by atoms with Gasteiger partial charge in [0.05, 0.1) is 5.56 Å². The highest BCUT2D eigenvalue weighted by atomic mass is 127. The third-order valence-electron chi connectivity index (χ3n) is 3.34. The van der Waals surface area contributed by atoms with Crippen molar-refractivity contribution in [1.82, 2.24) is 10.2 Å². The van der Waals surface area contributed by atoms with E-state index in [0.29, 0.717) is 17.9 Å². The first kappa shape index (κ1) is 14.7. The Morgan fingerprint density at radius 2 is 1.73 bits per heavy atom. The second-order valence-electron chi connectivity index (χ2n) is 4.70. The highest BCUT2D eigenvalue weighted by Gasteiger charge is 2.10. The van der Waals surface area contributed by atoms with Crippen LogP contribution in [-0.4, -0.2) is 21.3 Å². The SMILES string of the molecule is O=C(O)c1ccccc1CNc1nnc(I)c2ccccc12. The second-order valence-corrected chi connectivity index (χ2v) is 5.72. The molecule has 0 saturated heterocycles. The molecule has 0 bridgehead atoms. The lowest BCUT2D eigenvalue weighted by molar-refractivity contribution is 0.0696. The number of carboxylic acid groups (broad SMARTS) is 1. The van der Waals surface area contributed by atoms with Crippen LogP contribution >= 0.6 is 22.6 Å². The predicted octanol–water partition coefficient (Wildman–Crippen LogP) is 3.54. The zero-order chi connectivity index (χ0) is 15.5. The number of hydrogen-bond acceptors (Lipinski definition) is 4. The molecule has 110 valence electrons. The second kappa shape index (κ2) is 6.27. The summed E-state index contributed by atoms with van der Waals surface area (Å²) in [5, 5.41) is 22.7. The summed E-state index contributed by atoms with van der Waals surface area (Å²) in [5.74, 6) is -0.285. The fourth-order valence-corrected chi connectivity index (χ4v) is 2.84. The first-order valence-electron chi connectivity index (χ1n) is 6.63. The molecule has 0 aliphatic rings. The van der Waals surface area contributed by atoms with Crippen LogP contribution in [0.5, 0.6) is 0 Å². The number of hydrogen-bond donors (Lipinski definition) is 2. The topological polar surface area (TPSA) is 75.1 Å². The molecule has 0 atom stereocenters. The normalized spacial score (nSPS) is 10.6. The van der Waals surface area contributed by atoms with Gasteiger partial charge in [0.2, 0.25) is 0 Å². The third-order valence-corrected chi connectivity index (χ3v) is 4.13. The van der Waals surface area contributed by atoms with E-state index in [1.807, 2.05) is 30.3 Å². The number of halogens is 1. The van der Waals surface area contributed by atoms with E-state index in [0.717, 1.165) is 14.5 Å². The molecule has 3 rings (SSSR count). The molecule has 22 heavy (non-hydrogen) atoms. The Bertz CT molecular complexity index is 852. The molecular formula is C16H12IN3O2. The van der Waals surface area contributed by atoms with Gasteiger partial charge >= 0.3 is 5.97 Å². The molecule has 0 fully saturated rings. The predicted molar refractivity (Wildman–Crippen MR) is 93.0 cm³/mol. The number of benzene rings is 2. The summed E-state index contributed by atoms with van der Waals surface area (Å²) in [4.78, 5) is 11.2. The van der Waals surface area contributed by atoms with Crippen molar-refractivity contribution < 1.29 is 9.90 Å². The molecule has 6 heteroatoms. The monoisotopic (exact) mass is 405 g/mol. The fourth-order valence-electron chi connectivity index (χ4n) is 2.26. The van der Waals surface area contributed by atoms with Gasteiger partial charge in [0, 0.05) is 17.3 Å². The lowest BCUT2D eigenvalue weighted by Crippen LogP contribution is -2.09. The van der Waals surface area contributed by atoms with E-state index in [1.54, 1.807) is 18.2 Å². The summed E-state index contributed by atoms with van der Waals surface area (Å²) in [6.45, 7) is 0.377. The number of anilines is 1. The fraction of sp³-hybridized carbons (Fsp3) is 0.0625. The molecule has 1 aromatic heterocycles. The molecule has 0 radical (unpaired) electrons. The van der Waals surface area contributed by atoms with Gasteiger partial charge in [-0.15, -0.1) is 10.2 Å². The average Bonchev–Trinajstić information content (AvgIpc) is 2.55. The number of nitrogens with one attached hydrogen (secondary N) is 1. The lowest BCUT2D eigenvalue weighted by atomic mass is 10.1. The van der Waals surface area contributed by atoms with Gasteiger partial charge in [-0.05, 0) is 34.2 Å². The molecule has 5 nitrogen and oxygen atoms in total. The Morgan fingerprint density at radius 1 is 1.05 bits per heavy atom. The Balaban J connectivity index is 1.92. The molecule has 3 aromatic rings. The maximum Gasteiger partial charge on any atom is 0.336 e. The highest BCUT2D eigenvalue weighted by molar-refractivity contribution is 14.1. The molecule has 1 heterocycles. The summed E-state index contributed by atoms with van der Waals surface area (Å²) >= 11 is 2.15. The van der Waals surface area contributed by atoms with E-state index in [-0.39, 0.29) is 5.56 Å². The van der Waals surface area contributed by atoms with Crippen molar-refractivity contribution in [2.45, 2.75) is 6.54 Å². The molecule has 0 aliphatic heterocycles. The van der Waals surface area contributed by atoms with Crippen molar-refractivity contribution in [3.8, 4) is 0 Å². The van der Waals surface area contributed by atoms with Gasteiger partial charge in [-0.3, -0.25) is 0 Å². The van der Waals surface area contributed by atoms with Gasteiger partial charge in [-0.25, -0.2) is 4.79 Å². The van der Waals surface area contributed by atoms with E-state index in [2.05, 4.69) is 38.1 Å². The van der Waals surface area contributed by atoms with Crippen LogP contribution in [0.4, 0.5) is 5.82 Å². The van der Waals surface area contributed by atoms with Crippen molar-refractivity contribution in [1.29, 1.82) is 0 Å². The van der Waals surface area contributed by atoms with Gasteiger partial charge < -0.3 is 10.4 Å². The molecule has 2 N–H and O–H groups in total. The van der Waals surface area contributed by atoms with Crippen LogP contribution in [0.3, 0.4) is 0 Å². The van der Waals surface area contributed by atoms with E-state index >= 15 is 0 Å². The lowest BCUT2D eigenvalue weighted by Gasteiger charge is -2.10. The van der Waals surface area contributed by atoms with Crippen molar-refractivity contribution in [3.05, 3.63) is 63.4 Å². The maximum atomic E-state index is 11.2. The minimum Gasteiger partial charge on any atom is -0.478 e. The molecule has 0 saturated carbocycles. The van der Waals surface area contributed by atoms with Crippen LogP contribution in [0.2, 0.25) is 0 Å². The minimum atomic E-state index is -0.934. The Labute approximate surface area is 140 Å². The largest absolute Gasteiger partial charge is 0.478 e. The number of nitrogens with zero attached hydrogens (tertiary/aromatic N) is 2. The maximum absolute atomic E-state index is 11.2. The third kappa shape index (κ3) is 2.87.